The Morgan fingerprint density at radius 1 is 1.42 bits per heavy atom. The Morgan fingerprint density at radius 3 is 2.83 bits per heavy atom. The van der Waals surface area contributed by atoms with Gasteiger partial charge in [-0.2, -0.15) is 0 Å². The molecule has 0 unspecified atom stereocenters. The molecular formula is C9H9NS2. The van der Waals surface area contributed by atoms with Crippen molar-refractivity contribution in [3.05, 3.63) is 23.1 Å². The van der Waals surface area contributed by atoms with E-state index >= 15 is 0 Å². The summed E-state index contributed by atoms with van der Waals surface area (Å²) in [5.74, 6) is 0. The average Bonchev–Trinajstić information content (AvgIpc) is 2.29. The number of hydrogen-bond donors (Lipinski definition) is 2. The monoisotopic (exact) mass is 195 g/mol. The Labute approximate surface area is 80.6 Å². The molecule has 2 N–H and O–H groups in total. The fourth-order valence-corrected chi connectivity index (χ4v) is 2.68. The molecule has 0 aliphatic rings. The second-order valence-electron chi connectivity index (χ2n) is 2.72. The summed E-state index contributed by atoms with van der Waals surface area (Å²) in [7, 11) is 0. The molecule has 0 bridgehead atoms. The van der Waals surface area contributed by atoms with E-state index in [1.807, 2.05) is 19.1 Å². The highest BCUT2D eigenvalue weighted by molar-refractivity contribution is 7.80. The maximum atomic E-state index is 5.90. The quantitative estimate of drug-likeness (QED) is 0.621. The first-order chi connectivity index (χ1) is 5.70. The molecule has 0 aliphatic heterocycles. The van der Waals surface area contributed by atoms with E-state index in [0.717, 1.165) is 16.0 Å². The molecule has 0 amide bonds. The summed E-state index contributed by atoms with van der Waals surface area (Å²) in [4.78, 5) is 2.14. The summed E-state index contributed by atoms with van der Waals surface area (Å²) in [6.45, 7) is 2.03. The minimum Gasteiger partial charge on any atom is -0.397 e. The van der Waals surface area contributed by atoms with Crippen molar-refractivity contribution in [2.75, 3.05) is 5.73 Å². The first-order valence-electron chi connectivity index (χ1n) is 3.66. The van der Waals surface area contributed by atoms with Gasteiger partial charge in [-0.15, -0.1) is 24.0 Å². The van der Waals surface area contributed by atoms with Gasteiger partial charge < -0.3 is 5.73 Å². The third kappa shape index (κ3) is 1.01. The second kappa shape index (κ2) is 2.68. The van der Waals surface area contributed by atoms with Crippen molar-refractivity contribution in [3.63, 3.8) is 0 Å². The van der Waals surface area contributed by atoms with Crippen LogP contribution in [-0.2, 0) is 0 Å². The molecule has 1 heterocycles. The maximum absolute atomic E-state index is 5.90. The lowest BCUT2D eigenvalue weighted by atomic mass is 10.2. The van der Waals surface area contributed by atoms with Gasteiger partial charge in [-0.25, -0.2) is 0 Å². The highest BCUT2D eigenvalue weighted by Gasteiger charge is 2.06. The number of thiophene rings is 1. The van der Waals surface area contributed by atoms with Gasteiger partial charge in [0.2, 0.25) is 0 Å². The van der Waals surface area contributed by atoms with E-state index < -0.39 is 0 Å². The predicted molar refractivity (Wildman–Crippen MR) is 58.2 cm³/mol. The lowest BCUT2D eigenvalue weighted by molar-refractivity contribution is 1.56. The predicted octanol–water partition coefficient (Wildman–Crippen LogP) is 3.08. The number of rotatable bonds is 0. The number of nitrogen functional groups attached to an aromatic ring is 1. The minimum absolute atomic E-state index is 0.876. The van der Waals surface area contributed by atoms with E-state index in [9.17, 15) is 0 Å². The van der Waals surface area contributed by atoms with Gasteiger partial charge in [-0.05, 0) is 19.1 Å². The Hall–Kier alpha value is -0.670. The van der Waals surface area contributed by atoms with Crippen molar-refractivity contribution in [3.8, 4) is 0 Å². The molecule has 0 aliphatic carbocycles. The normalized spacial score (nSPS) is 10.8. The lowest BCUT2D eigenvalue weighted by Gasteiger charge is -1.95. The third-order valence-corrected chi connectivity index (χ3v) is 3.37. The SMILES string of the molecule is Cc1sc2cccc(S)c2c1N. The zero-order valence-electron chi connectivity index (χ0n) is 6.66. The summed E-state index contributed by atoms with van der Waals surface area (Å²) >= 11 is 6.08. The van der Waals surface area contributed by atoms with Crippen LogP contribution in [0.15, 0.2) is 23.1 Å². The zero-order chi connectivity index (χ0) is 8.72. The molecular weight excluding hydrogens is 186 g/mol. The molecule has 2 aromatic rings. The van der Waals surface area contributed by atoms with Crippen molar-refractivity contribution < 1.29 is 0 Å². The highest BCUT2D eigenvalue weighted by atomic mass is 32.1. The van der Waals surface area contributed by atoms with Crippen LogP contribution in [0.4, 0.5) is 5.69 Å². The van der Waals surface area contributed by atoms with Gasteiger partial charge in [0.25, 0.3) is 0 Å². The fraction of sp³-hybridized carbons (Fsp3) is 0.111. The molecule has 1 aromatic carbocycles. The molecule has 12 heavy (non-hydrogen) atoms. The van der Waals surface area contributed by atoms with Crippen molar-refractivity contribution in [2.45, 2.75) is 11.8 Å². The van der Waals surface area contributed by atoms with Crippen molar-refractivity contribution in [1.82, 2.24) is 0 Å². The summed E-state index contributed by atoms with van der Waals surface area (Å²) in [6, 6.07) is 6.04. The van der Waals surface area contributed by atoms with Gasteiger partial charge in [-0.3, -0.25) is 0 Å². The van der Waals surface area contributed by atoms with Crippen LogP contribution in [0.2, 0.25) is 0 Å². The van der Waals surface area contributed by atoms with Gasteiger partial charge >= 0.3 is 0 Å². The highest BCUT2D eigenvalue weighted by Crippen LogP contribution is 2.36. The third-order valence-electron chi connectivity index (χ3n) is 1.92. The average molecular weight is 195 g/mol. The fourth-order valence-electron chi connectivity index (χ4n) is 1.27. The van der Waals surface area contributed by atoms with Gasteiger partial charge in [0.05, 0.1) is 5.69 Å². The first kappa shape index (κ1) is 7.95. The Balaban J connectivity index is 2.97. The minimum atomic E-state index is 0.876. The molecule has 62 valence electrons. The summed E-state index contributed by atoms with van der Waals surface area (Å²) in [6.07, 6.45) is 0. The van der Waals surface area contributed by atoms with Crippen LogP contribution in [0.3, 0.4) is 0 Å². The van der Waals surface area contributed by atoms with Crippen LogP contribution in [0, 0.1) is 6.92 Å². The van der Waals surface area contributed by atoms with E-state index in [1.165, 1.54) is 9.58 Å². The van der Waals surface area contributed by atoms with Crippen molar-refractivity contribution >= 4 is 39.7 Å². The zero-order valence-corrected chi connectivity index (χ0v) is 8.38. The van der Waals surface area contributed by atoms with Crippen molar-refractivity contribution in [2.24, 2.45) is 0 Å². The molecule has 3 heteroatoms. The number of anilines is 1. The lowest BCUT2D eigenvalue weighted by Crippen LogP contribution is -1.84. The molecule has 0 atom stereocenters. The molecule has 0 saturated carbocycles. The van der Waals surface area contributed by atoms with Crippen LogP contribution in [0.1, 0.15) is 4.88 Å². The standard InChI is InChI=1S/C9H9NS2/c1-5-9(10)8-6(11)3-2-4-7(8)12-5/h2-4,11H,10H2,1H3. The van der Waals surface area contributed by atoms with Crippen LogP contribution >= 0.6 is 24.0 Å². The Bertz CT molecular complexity index is 431. The van der Waals surface area contributed by atoms with Crippen LogP contribution < -0.4 is 5.73 Å². The number of thiol groups is 1. The van der Waals surface area contributed by atoms with Gasteiger partial charge in [-0.1, -0.05) is 6.07 Å². The molecule has 1 aromatic heterocycles. The van der Waals surface area contributed by atoms with Crippen LogP contribution in [-0.4, -0.2) is 0 Å². The number of fused-ring (bicyclic) bond motifs is 1. The van der Waals surface area contributed by atoms with E-state index in [2.05, 4.69) is 18.7 Å². The first-order valence-corrected chi connectivity index (χ1v) is 4.93. The molecule has 0 fully saturated rings. The van der Waals surface area contributed by atoms with Gasteiger partial charge in [0.15, 0.2) is 0 Å². The van der Waals surface area contributed by atoms with Crippen LogP contribution in [0.25, 0.3) is 10.1 Å². The van der Waals surface area contributed by atoms with E-state index in [4.69, 9.17) is 5.73 Å². The summed E-state index contributed by atoms with van der Waals surface area (Å²) in [5, 5.41) is 1.10. The number of benzene rings is 1. The largest absolute Gasteiger partial charge is 0.397 e. The topological polar surface area (TPSA) is 26.0 Å². The smallest absolute Gasteiger partial charge is 0.0543 e. The van der Waals surface area contributed by atoms with Gasteiger partial charge in [0, 0.05) is 19.9 Å². The molecule has 0 saturated heterocycles. The Kier molecular flexibility index (Phi) is 1.77. The van der Waals surface area contributed by atoms with E-state index in [0.29, 0.717) is 0 Å². The Morgan fingerprint density at radius 2 is 2.17 bits per heavy atom. The number of nitrogens with two attached hydrogens (primary N) is 1. The molecule has 2 rings (SSSR count). The maximum Gasteiger partial charge on any atom is 0.0543 e. The number of hydrogen-bond acceptors (Lipinski definition) is 3. The molecule has 0 spiro atoms. The van der Waals surface area contributed by atoms with E-state index in [-0.39, 0.29) is 0 Å². The van der Waals surface area contributed by atoms with Crippen molar-refractivity contribution in [1.29, 1.82) is 0 Å². The van der Waals surface area contributed by atoms with E-state index in [1.54, 1.807) is 11.3 Å². The summed E-state index contributed by atoms with van der Waals surface area (Å²) in [5.41, 5.74) is 6.78. The van der Waals surface area contributed by atoms with Gasteiger partial charge in [0.1, 0.15) is 0 Å². The number of aryl methyl sites for hydroxylation is 1. The molecule has 0 radical (unpaired) electrons. The second-order valence-corrected chi connectivity index (χ2v) is 4.46. The van der Waals surface area contributed by atoms with Crippen LogP contribution in [0.5, 0.6) is 0 Å². The molecule has 1 nitrogen and oxygen atoms in total. The summed E-state index contributed by atoms with van der Waals surface area (Å²) < 4.78 is 1.22.